The summed E-state index contributed by atoms with van der Waals surface area (Å²) in [4.78, 5) is 42.5. The van der Waals surface area contributed by atoms with Gasteiger partial charge in [-0.25, -0.2) is 4.98 Å². The van der Waals surface area contributed by atoms with Gasteiger partial charge in [0, 0.05) is 69.9 Å². The molecule has 0 unspecified atom stereocenters. The van der Waals surface area contributed by atoms with Gasteiger partial charge in [0.05, 0.1) is 45.7 Å². The topological polar surface area (TPSA) is 186 Å². The highest BCUT2D eigenvalue weighted by atomic mass is 32.1. The Kier molecular flexibility index (Phi) is 13.1. The fourth-order valence-corrected chi connectivity index (χ4v) is 11.1. The highest BCUT2D eigenvalue weighted by molar-refractivity contribution is 7.13. The number of amides is 2. The lowest BCUT2D eigenvalue weighted by molar-refractivity contribution is -0.141. The fraction of sp³-hybridized carbons (Fsp3) is 0.500. The molecular formula is C48H60N10O6S. The van der Waals surface area contributed by atoms with Gasteiger partial charge in [-0.2, -0.15) is 0 Å². The van der Waals surface area contributed by atoms with Crippen LogP contribution in [0, 0.1) is 18.8 Å². The summed E-state index contributed by atoms with van der Waals surface area (Å²) in [5.41, 5.74) is 7.20. The molecule has 0 radical (unpaired) electrons. The van der Waals surface area contributed by atoms with Crippen LogP contribution >= 0.6 is 11.3 Å². The lowest BCUT2D eigenvalue weighted by Crippen LogP contribution is -2.62. The van der Waals surface area contributed by atoms with Crippen LogP contribution < -0.4 is 20.3 Å². The maximum absolute atomic E-state index is 14.2. The number of ether oxygens (including phenoxy) is 1. The molecule has 4 aliphatic heterocycles. The third-order valence-electron chi connectivity index (χ3n) is 13.7. The molecule has 9 rings (SSSR count). The van der Waals surface area contributed by atoms with Gasteiger partial charge in [-0.05, 0) is 73.1 Å². The molecule has 0 spiro atoms. The van der Waals surface area contributed by atoms with Crippen molar-refractivity contribution in [3.63, 3.8) is 0 Å². The number of aliphatic hydroxyl groups is 1. The largest absolute Gasteiger partial charge is 0.507 e. The normalized spacial score (nSPS) is 23.4. The molecule has 2 amide bonds. The van der Waals surface area contributed by atoms with Crippen molar-refractivity contribution in [3.05, 3.63) is 83.2 Å². The fourth-order valence-electron chi connectivity index (χ4n) is 10.3. The van der Waals surface area contributed by atoms with E-state index in [-0.39, 0.29) is 42.5 Å². The third-order valence-corrected chi connectivity index (χ3v) is 14.7. The predicted octanol–water partition coefficient (Wildman–Crippen LogP) is 5.55. The number of likely N-dealkylation sites (tertiary alicyclic amines) is 2. The van der Waals surface area contributed by atoms with Crippen molar-refractivity contribution < 1.29 is 29.1 Å². The second-order valence-corrected chi connectivity index (χ2v) is 19.3. The molecular weight excluding hydrogens is 845 g/mol. The lowest BCUT2D eigenvalue weighted by Gasteiger charge is -2.50. The summed E-state index contributed by atoms with van der Waals surface area (Å²) in [5.74, 6) is 0.678. The number of thiazole rings is 1. The van der Waals surface area contributed by atoms with Gasteiger partial charge in [0.25, 0.3) is 5.88 Å². The Balaban J connectivity index is 0.753. The molecule has 2 aromatic carbocycles. The number of β-amino-alcohol motifs (C(OH)–C–C–N with tert-alkyl or cyclic N) is 1. The van der Waals surface area contributed by atoms with Crippen molar-refractivity contribution in [1.29, 1.82) is 0 Å². The van der Waals surface area contributed by atoms with Crippen molar-refractivity contribution in [2.45, 2.75) is 83.6 Å². The number of aliphatic hydroxyl groups excluding tert-OH is 1. The molecule has 5 aromatic rings. The molecule has 3 fully saturated rings. The van der Waals surface area contributed by atoms with E-state index in [1.807, 2.05) is 75.7 Å². The maximum atomic E-state index is 14.2. The summed E-state index contributed by atoms with van der Waals surface area (Å²) in [5, 5.41) is 40.8. The van der Waals surface area contributed by atoms with Crippen molar-refractivity contribution in [1.82, 2.24) is 40.4 Å². The molecule has 0 bridgehead atoms. The van der Waals surface area contributed by atoms with E-state index >= 15 is 0 Å². The number of rotatable bonds is 13. The molecule has 7 atom stereocenters. The van der Waals surface area contributed by atoms with Gasteiger partial charge in [0.1, 0.15) is 24.3 Å². The van der Waals surface area contributed by atoms with E-state index in [0.29, 0.717) is 47.5 Å². The van der Waals surface area contributed by atoms with E-state index in [1.54, 1.807) is 29.5 Å². The van der Waals surface area contributed by atoms with Crippen molar-refractivity contribution in [2.24, 2.45) is 11.8 Å². The van der Waals surface area contributed by atoms with Crippen LogP contribution in [-0.4, -0.2) is 140 Å². The van der Waals surface area contributed by atoms with Gasteiger partial charge < -0.3 is 39.9 Å². The van der Waals surface area contributed by atoms with E-state index < -0.39 is 18.1 Å². The zero-order valence-corrected chi connectivity index (χ0v) is 38.6. The minimum absolute atomic E-state index is 0.0604. The molecule has 3 saturated heterocycles. The van der Waals surface area contributed by atoms with E-state index in [2.05, 4.69) is 52.6 Å². The van der Waals surface area contributed by atoms with Gasteiger partial charge in [0.2, 0.25) is 11.8 Å². The number of nitrogens with one attached hydrogen (secondary N) is 2. The summed E-state index contributed by atoms with van der Waals surface area (Å²) < 4.78 is 11.9. The molecule has 4 N–H and O–H groups in total. The number of carbonyl (C=O) groups is 2. The van der Waals surface area contributed by atoms with Crippen LogP contribution in [0.1, 0.15) is 69.5 Å². The molecule has 65 heavy (non-hydrogen) atoms. The smallest absolute Gasteiger partial charge is 0.254 e. The first kappa shape index (κ1) is 44.6. The number of hydrogen-bond donors (Lipinski definition) is 4. The number of aromatic nitrogens is 4. The number of nitrogens with zero attached hydrogens (tertiary/aromatic N) is 8. The Bertz CT molecular complexity index is 2460. The summed E-state index contributed by atoms with van der Waals surface area (Å²) >= 11 is 1.59. The highest BCUT2D eigenvalue weighted by Gasteiger charge is 2.44. The molecule has 7 heterocycles. The first-order valence-electron chi connectivity index (χ1n) is 22.9. The van der Waals surface area contributed by atoms with Crippen LogP contribution in [0.4, 0.5) is 11.5 Å². The molecule has 16 nitrogen and oxygen atoms in total. The van der Waals surface area contributed by atoms with Crippen LogP contribution in [0.5, 0.6) is 11.6 Å². The van der Waals surface area contributed by atoms with Crippen molar-refractivity contribution >= 4 is 34.7 Å². The van der Waals surface area contributed by atoms with Gasteiger partial charge in [0.15, 0.2) is 11.6 Å². The van der Waals surface area contributed by atoms with Crippen LogP contribution in [0.25, 0.3) is 21.7 Å². The average molecular weight is 905 g/mol. The van der Waals surface area contributed by atoms with E-state index in [1.165, 1.54) is 4.90 Å². The minimum Gasteiger partial charge on any atom is -0.507 e. The van der Waals surface area contributed by atoms with Crippen LogP contribution in [0.15, 0.2) is 70.7 Å². The zero-order chi connectivity index (χ0) is 45.4. The maximum Gasteiger partial charge on any atom is 0.254 e. The van der Waals surface area contributed by atoms with Gasteiger partial charge in [-0.1, -0.05) is 57.2 Å². The first-order chi connectivity index (χ1) is 31.4. The zero-order valence-electron chi connectivity index (χ0n) is 37.8. The van der Waals surface area contributed by atoms with E-state index in [4.69, 9.17) is 9.26 Å². The minimum atomic E-state index is -0.821. The number of phenols is 1. The second-order valence-electron chi connectivity index (χ2n) is 18.5. The Morgan fingerprint density at radius 2 is 1.85 bits per heavy atom. The molecule has 0 saturated carbocycles. The van der Waals surface area contributed by atoms with Gasteiger partial charge >= 0.3 is 0 Å². The monoisotopic (exact) mass is 904 g/mol. The number of aromatic hydroxyl groups is 1. The van der Waals surface area contributed by atoms with Crippen molar-refractivity contribution in [2.75, 3.05) is 69.2 Å². The number of para-hydroxylation sites is 1. The van der Waals surface area contributed by atoms with E-state index in [9.17, 15) is 19.8 Å². The number of carbonyl (C=O) groups excluding carboxylic acids is 2. The second kappa shape index (κ2) is 19.1. The molecule has 17 heteroatoms. The number of piperazine rings is 1. The van der Waals surface area contributed by atoms with Crippen LogP contribution in [0.3, 0.4) is 0 Å². The predicted molar refractivity (Wildman–Crippen MR) is 249 cm³/mol. The molecule has 4 aliphatic rings. The average Bonchev–Trinajstić information content (AvgIpc) is 4.06. The molecule has 3 aromatic heterocycles. The quantitative estimate of drug-likeness (QED) is 0.115. The Morgan fingerprint density at radius 3 is 2.60 bits per heavy atom. The van der Waals surface area contributed by atoms with Gasteiger partial charge in [-0.3, -0.25) is 19.4 Å². The lowest BCUT2D eigenvalue weighted by atomic mass is 9.91. The van der Waals surface area contributed by atoms with E-state index in [0.717, 1.165) is 85.4 Å². The number of piperidine rings is 1. The number of fused-ring (bicyclic) bond motifs is 3. The first-order valence-corrected chi connectivity index (χ1v) is 23.8. The number of anilines is 2. The van der Waals surface area contributed by atoms with Crippen LogP contribution in [-0.2, 0) is 9.59 Å². The highest BCUT2D eigenvalue weighted by Crippen LogP contribution is 2.38. The van der Waals surface area contributed by atoms with Crippen LogP contribution in [0.2, 0.25) is 0 Å². The van der Waals surface area contributed by atoms with Crippen molar-refractivity contribution in [3.8, 4) is 33.3 Å². The summed E-state index contributed by atoms with van der Waals surface area (Å²) in [6, 6.07) is 18.7. The summed E-state index contributed by atoms with van der Waals surface area (Å²) in [6.07, 6.45) is 0.404. The standard InChI is InChI=1S/C48H60N10O6S/c1-28(2)44(48(62)58-26-35(59)20-40(58)47(61)51-30(4)32-10-12-33(13-11-32)45-31(5)50-27-65-45)42-22-43(54-64-42)63-19-18-55-15-14-38(29(3)24-55)56-16-17-57-34(25-56)23-49-46-39(57)21-37(52-53-46)36-8-6-7-9-41(36)60/h6-13,21-22,27-30,34-35,38,40,44,59-60H,14-20,23-26H2,1-5H3,(H,49,53)(H,51,61)/t29-,30+,34-,35-,38-,40+,44-/m1/s1. The van der Waals surface area contributed by atoms with Gasteiger partial charge in [-0.15, -0.1) is 21.5 Å². The molecule has 344 valence electrons. The summed E-state index contributed by atoms with van der Waals surface area (Å²) in [7, 11) is 0. The Hall–Kier alpha value is -5.62. The molecule has 0 aliphatic carbocycles. The number of aryl methyl sites for hydroxylation is 1. The number of benzene rings is 2. The summed E-state index contributed by atoms with van der Waals surface area (Å²) in [6.45, 7) is 16.9. The Labute approximate surface area is 384 Å². The third kappa shape index (κ3) is 9.42. The Morgan fingerprint density at radius 1 is 1.03 bits per heavy atom. The number of phenolic OH excluding ortho intramolecular Hbond substituents is 1. The number of hydrogen-bond acceptors (Lipinski definition) is 15. The SMILES string of the molecule is Cc1ncsc1-c1ccc([C@H](C)NC(=O)[C@@H]2C[C@@H](O)CN2C(=O)[C@@H](c2cc(OCCN3CC[C@@H](N4CCN5c6cc(-c7ccccc7O)nnc6NC[C@@H]5C4)[C@H](C)C3)no2)C(C)C)cc1.